The smallest absolute Gasteiger partial charge is 0.124 e. The molecule has 1 atom stereocenters. The average molecular weight is 335 g/mol. The quantitative estimate of drug-likeness (QED) is 0.872. The number of rotatable bonds is 5. The molecule has 20 heavy (non-hydrogen) atoms. The van der Waals surface area contributed by atoms with Crippen molar-refractivity contribution < 1.29 is 4.74 Å². The van der Waals surface area contributed by atoms with E-state index in [1.165, 1.54) is 5.56 Å². The van der Waals surface area contributed by atoms with Gasteiger partial charge in [-0.15, -0.1) is 0 Å². The predicted octanol–water partition coefficient (Wildman–Crippen LogP) is 3.81. The van der Waals surface area contributed by atoms with Gasteiger partial charge < -0.3 is 15.4 Å². The number of benzene rings is 2. The molecule has 0 bridgehead atoms. The van der Waals surface area contributed by atoms with Crippen molar-refractivity contribution in [3.05, 3.63) is 58.1 Å². The molecular formula is C16H19BrN2O. The van der Waals surface area contributed by atoms with Gasteiger partial charge in [0, 0.05) is 22.8 Å². The Balaban J connectivity index is 2.43. The summed E-state index contributed by atoms with van der Waals surface area (Å²) in [5.41, 5.74) is 3.41. The van der Waals surface area contributed by atoms with Crippen molar-refractivity contribution in [2.75, 3.05) is 26.5 Å². The minimum Gasteiger partial charge on any atom is -0.496 e. The van der Waals surface area contributed by atoms with Crippen LogP contribution in [0.5, 0.6) is 5.75 Å². The highest BCUT2D eigenvalue weighted by Gasteiger charge is 2.16. The monoisotopic (exact) mass is 334 g/mol. The van der Waals surface area contributed by atoms with Crippen LogP contribution in [0.4, 0.5) is 5.69 Å². The first-order valence-electron chi connectivity index (χ1n) is 6.48. The maximum atomic E-state index is 5.48. The van der Waals surface area contributed by atoms with Crippen LogP contribution in [0.15, 0.2) is 46.9 Å². The number of halogens is 1. The Bertz CT molecular complexity index is 569. The van der Waals surface area contributed by atoms with E-state index in [0.717, 1.165) is 21.5 Å². The molecule has 4 heteroatoms. The zero-order valence-electron chi connectivity index (χ0n) is 11.9. The first-order chi connectivity index (χ1) is 9.69. The Morgan fingerprint density at radius 2 is 1.75 bits per heavy atom. The van der Waals surface area contributed by atoms with Crippen molar-refractivity contribution in [1.29, 1.82) is 0 Å². The van der Waals surface area contributed by atoms with Crippen LogP contribution in [0.2, 0.25) is 0 Å². The lowest BCUT2D eigenvalue weighted by molar-refractivity contribution is 0.405. The average Bonchev–Trinajstić information content (AvgIpc) is 2.49. The molecule has 0 spiro atoms. The standard InChI is InChI=1S/C16H19BrN2O/c1-18-13-7-4-11(5-8-13)16(19-2)14-10-12(17)6-9-15(14)20-3/h4-10,16,18-19H,1-3H3. The molecule has 0 radical (unpaired) electrons. The third-order valence-electron chi connectivity index (χ3n) is 3.32. The number of ether oxygens (including phenoxy) is 1. The maximum absolute atomic E-state index is 5.48. The van der Waals surface area contributed by atoms with E-state index in [2.05, 4.69) is 56.9 Å². The molecule has 0 amide bonds. The lowest BCUT2D eigenvalue weighted by Crippen LogP contribution is -2.18. The Labute approximate surface area is 128 Å². The number of methoxy groups -OCH3 is 1. The summed E-state index contributed by atoms with van der Waals surface area (Å²) in [5, 5.41) is 6.48. The molecule has 0 fully saturated rings. The van der Waals surface area contributed by atoms with Gasteiger partial charge in [-0.1, -0.05) is 28.1 Å². The number of hydrogen-bond donors (Lipinski definition) is 2. The van der Waals surface area contributed by atoms with E-state index in [-0.39, 0.29) is 6.04 Å². The SMILES string of the molecule is CNc1ccc(C(NC)c2cc(Br)ccc2OC)cc1. The molecule has 3 nitrogen and oxygen atoms in total. The maximum Gasteiger partial charge on any atom is 0.124 e. The predicted molar refractivity (Wildman–Crippen MR) is 87.6 cm³/mol. The molecule has 0 saturated heterocycles. The van der Waals surface area contributed by atoms with Gasteiger partial charge in [0.2, 0.25) is 0 Å². The fourth-order valence-corrected chi connectivity index (χ4v) is 2.65. The summed E-state index contributed by atoms with van der Waals surface area (Å²) in [6.45, 7) is 0. The van der Waals surface area contributed by atoms with Crippen LogP contribution in [0.1, 0.15) is 17.2 Å². The van der Waals surface area contributed by atoms with Crippen molar-refractivity contribution in [3.63, 3.8) is 0 Å². The number of nitrogens with one attached hydrogen (secondary N) is 2. The molecule has 0 heterocycles. The fourth-order valence-electron chi connectivity index (χ4n) is 2.27. The van der Waals surface area contributed by atoms with E-state index in [4.69, 9.17) is 4.74 Å². The van der Waals surface area contributed by atoms with E-state index in [0.29, 0.717) is 0 Å². The van der Waals surface area contributed by atoms with Crippen LogP contribution in [0.3, 0.4) is 0 Å². The lowest BCUT2D eigenvalue weighted by atomic mass is 9.98. The number of hydrogen-bond acceptors (Lipinski definition) is 3. The Kier molecular flexibility index (Phi) is 5.04. The highest BCUT2D eigenvalue weighted by molar-refractivity contribution is 9.10. The topological polar surface area (TPSA) is 33.3 Å². The highest BCUT2D eigenvalue weighted by Crippen LogP contribution is 2.32. The van der Waals surface area contributed by atoms with Gasteiger partial charge >= 0.3 is 0 Å². The molecular weight excluding hydrogens is 316 g/mol. The third-order valence-corrected chi connectivity index (χ3v) is 3.82. The molecule has 0 aliphatic heterocycles. The van der Waals surface area contributed by atoms with E-state index in [1.54, 1.807) is 7.11 Å². The van der Waals surface area contributed by atoms with Gasteiger partial charge in [0.1, 0.15) is 5.75 Å². The van der Waals surface area contributed by atoms with Gasteiger partial charge in [0.15, 0.2) is 0 Å². The molecule has 2 N–H and O–H groups in total. The second-order valence-electron chi connectivity index (χ2n) is 4.48. The van der Waals surface area contributed by atoms with Gasteiger partial charge in [-0.2, -0.15) is 0 Å². The summed E-state index contributed by atoms with van der Waals surface area (Å²) in [6, 6.07) is 14.5. The third kappa shape index (κ3) is 3.14. The summed E-state index contributed by atoms with van der Waals surface area (Å²) < 4.78 is 6.52. The molecule has 0 aliphatic rings. The Hall–Kier alpha value is -1.52. The number of anilines is 1. The molecule has 0 saturated carbocycles. The molecule has 2 aromatic carbocycles. The van der Waals surface area contributed by atoms with Gasteiger partial charge in [-0.25, -0.2) is 0 Å². The zero-order chi connectivity index (χ0) is 14.5. The van der Waals surface area contributed by atoms with Crippen molar-refractivity contribution >= 4 is 21.6 Å². The molecule has 0 aromatic heterocycles. The molecule has 2 aromatic rings. The van der Waals surface area contributed by atoms with Crippen LogP contribution < -0.4 is 15.4 Å². The minimum absolute atomic E-state index is 0.0911. The highest BCUT2D eigenvalue weighted by atomic mass is 79.9. The Morgan fingerprint density at radius 1 is 1.05 bits per heavy atom. The first kappa shape index (κ1) is 14.9. The van der Waals surface area contributed by atoms with Crippen LogP contribution in [0.25, 0.3) is 0 Å². The van der Waals surface area contributed by atoms with E-state index in [1.807, 2.05) is 26.2 Å². The van der Waals surface area contributed by atoms with Crippen LogP contribution in [-0.4, -0.2) is 21.2 Å². The van der Waals surface area contributed by atoms with Crippen LogP contribution in [-0.2, 0) is 0 Å². The molecule has 0 aliphatic carbocycles. The van der Waals surface area contributed by atoms with Crippen molar-refractivity contribution in [3.8, 4) is 5.75 Å². The largest absolute Gasteiger partial charge is 0.496 e. The second-order valence-corrected chi connectivity index (χ2v) is 5.40. The van der Waals surface area contributed by atoms with Gasteiger partial charge in [-0.3, -0.25) is 0 Å². The molecule has 106 valence electrons. The lowest BCUT2D eigenvalue weighted by Gasteiger charge is -2.20. The van der Waals surface area contributed by atoms with Crippen molar-refractivity contribution in [1.82, 2.24) is 5.32 Å². The summed E-state index contributed by atoms with van der Waals surface area (Å²) in [5.74, 6) is 0.880. The summed E-state index contributed by atoms with van der Waals surface area (Å²) in [4.78, 5) is 0. The second kappa shape index (κ2) is 6.77. The van der Waals surface area contributed by atoms with Crippen LogP contribution in [0, 0.1) is 0 Å². The van der Waals surface area contributed by atoms with Crippen LogP contribution >= 0.6 is 15.9 Å². The van der Waals surface area contributed by atoms with Gasteiger partial charge in [0.25, 0.3) is 0 Å². The van der Waals surface area contributed by atoms with Gasteiger partial charge in [-0.05, 0) is 42.9 Å². The van der Waals surface area contributed by atoms with E-state index < -0.39 is 0 Å². The van der Waals surface area contributed by atoms with Gasteiger partial charge in [0.05, 0.1) is 13.2 Å². The van der Waals surface area contributed by atoms with E-state index >= 15 is 0 Å². The summed E-state index contributed by atoms with van der Waals surface area (Å²) in [6.07, 6.45) is 0. The first-order valence-corrected chi connectivity index (χ1v) is 7.27. The Morgan fingerprint density at radius 3 is 2.30 bits per heavy atom. The summed E-state index contributed by atoms with van der Waals surface area (Å²) >= 11 is 3.53. The van der Waals surface area contributed by atoms with Crippen molar-refractivity contribution in [2.24, 2.45) is 0 Å². The van der Waals surface area contributed by atoms with E-state index in [9.17, 15) is 0 Å². The normalized spacial score (nSPS) is 12.0. The zero-order valence-corrected chi connectivity index (χ0v) is 13.5. The summed E-state index contributed by atoms with van der Waals surface area (Å²) in [7, 11) is 5.57. The minimum atomic E-state index is 0.0911. The fraction of sp³-hybridized carbons (Fsp3) is 0.250. The molecule has 2 rings (SSSR count). The van der Waals surface area contributed by atoms with Crippen molar-refractivity contribution in [2.45, 2.75) is 6.04 Å². The molecule has 1 unspecified atom stereocenters.